The van der Waals surface area contributed by atoms with Gasteiger partial charge < -0.3 is 10.2 Å². The van der Waals surface area contributed by atoms with Gasteiger partial charge in [-0.25, -0.2) is 4.79 Å². The number of aliphatic hydroxyl groups is 1. The summed E-state index contributed by atoms with van der Waals surface area (Å²) in [5, 5.41) is 19.2. The minimum absolute atomic E-state index is 0.356. The molecule has 0 saturated heterocycles. The molecule has 88 valence electrons. The number of ketones is 1. The summed E-state index contributed by atoms with van der Waals surface area (Å²) in [7, 11) is 0. The number of Topliss-reactive ketones (excluding diaryl/α,β-unsaturated/α-hetero) is 1. The lowest BCUT2D eigenvalue weighted by molar-refractivity contribution is -0.182. The molecule has 2 unspecified atom stereocenters. The normalized spacial score (nSPS) is 49.3. The van der Waals surface area contributed by atoms with Crippen molar-refractivity contribution in [3.05, 3.63) is 0 Å². The number of carboxylic acids is 1. The summed E-state index contributed by atoms with van der Waals surface area (Å²) in [6, 6.07) is 0. The van der Waals surface area contributed by atoms with Crippen LogP contribution in [0.2, 0.25) is 0 Å². The van der Waals surface area contributed by atoms with Crippen LogP contribution in [0.15, 0.2) is 0 Å². The quantitative estimate of drug-likeness (QED) is 0.688. The maximum absolute atomic E-state index is 11.8. The lowest BCUT2D eigenvalue weighted by Crippen LogP contribution is -2.59. The highest BCUT2D eigenvalue weighted by Gasteiger charge is 2.61. The van der Waals surface area contributed by atoms with E-state index >= 15 is 0 Å². The first kappa shape index (κ1) is 10.3. The molecular weight excluding hydrogens is 210 g/mol. The van der Waals surface area contributed by atoms with Crippen molar-refractivity contribution < 1.29 is 19.8 Å². The van der Waals surface area contributed by atoms with Crippen LogP contribution < -0.4 is 0 Å². The van der Waals surface area contributed by atoms with Gasteiger partial charge in [-0.3, -0.25) is 4.79 Å². The Kier molecular flexibility index (Phi) is 1.83. The van der Waals surface area contributed by atoms with Gasteiger partial charge in [0, 0.05) is 5.41 Å². The highest BCUT2D eigenvalue weighted by molar-refractivity contribution is 6.35. The predicted octanol–water partition coefficient (Wildman–Crippen LogP) is 0.971. The molecule has 0 heterocycles. The van der Waals surface area contributed by atoms with Gasteiger partial charge >= 0.3 is 5.97 Å². The van der Waals surface area contributed by atoms with Crippen LogP contribution in [0.3, 0.4) is 0 Å². The van der Waals surface area contributed by atoms with Crippen molar-refractivity contribution in [1.29, 1.82) is 0 Å². The first-order valence-electron chi connectivity index (χ1n) is 5.93. The van der Waals surface area contributed by atoms with Crippen molar-refractivity contribution in [2.75, 3.05) is 0 Å². The summed E-state index contributed by atoms with van der Waals surface area (Å²) in [5.41, 5.74) is -1.50. The van der Waals surface area contributed by atoms with E-state index in [1.54, 1.807) is 0 Å². The molecular formula is C12H16O4. The van der Waals surface area contributed by atoms with E-state index in [0.717, 1.165) is 19.3 Å². The number of carbonyl (C=O) groups excluding carboxylic acids is 1. The summed E-state index contributed by atoms with van der Waals surface area (Å²) >= 11 is 0. The molecule has 4 saturated carbocycles. The fraction of sp³-hybridized carbons (Fsp3) is 0.833. The Morgan fingerprint density at radius 2 is 1.75 bits per heavy atom. The van der Waals surface area contributed by atoms with Crippen molar-refractivity contribution in [2.45, 2.75) is 44.1 Å². The molecule has 0 amide bonds. The van der Waals surface area contributed by atoms with Crippen molar-refractivity contribution in [1.82, 2.24) is 0 Å². The zero-order valence-electron chi connectivity index (χ0n) is 9.11. The van der Waals surface area contributed by atoms with E-state index < -0.39 is 22.8 Å². The molecule has 4 aliphatic carbocycles. The highest BCUT2D eigenvalue weighted by Crippen LogP contribution is 2.61. The van der Waals surface area contributed by atoms with Gasteiger partial charge in [0.15, 0.2) is 0 Å². The summed E-state index contributed by atoms with van der Waals surface area (Å²) in [4.78, 5) is 22.7. The van der Waals surface area contributed by atoms with Gasteiger partial charge in [-0.05, 0) is 50.4 Å². The summed E-state index contributed by atoms with van der Waals surface area (Å²) in [6.07, 6.45) is 4.32. The van der Waals surface area contributed by atoms with Crippen molar-refractivity contribution in [3.63, 3.8) is 0 Å². The average Bonchev–Trinajstić information content (AvgIpc) is 2.12. The molecule has 0 radical (unpaired) electrons. The smallest absolute Gasteiger partial charge is 0.372 e. The second-order valence-electron chi connectivity index (χ2n) is 6.10. The lowest BCUT2D eigenvalue weighted by atomic mass is 9.47. The summed E-state index contributed by atoms with van der Waals surface area (Å²) in [6.45, 7) is 0. The van der Waals surface area contributed by atoms with Crippen LogP contribution in [0.1, 0.15) is 38.5 Å². The van der Waals surface area contributed by atoms with E-state index in [9.17, 15) is 14.7 Å². The molecule has 4 fully saturated rings. The summed E-state index contributed by atoms with van der Waals surface area (Å²) in [5.74, 6) is -1.28. The fourth-order valence-electron chi connectivity index (χ4n) is 4.71. The molecule has 0 spiro atoms. The molecule has 4 bridgehead atoms. The lowest BCUT2D eigenvalue weighted by Gasteiger charge is -2.58. The van der Waals surface area contributed by atoms with Crippen molar-refractivity contribution in [2.24, 2.45) is 17.3 Å². The first-order chi connectivity index (χ1) is 7.42. The van der Waals surface area contributed by atoms with E-state index in [1.165, 1.54) is 0 Å². The molecule has 4 nitrogen and oxygen atoms in total. The third kappa shape index (κ3) is 1.25. The number of hydrogen-bond acceptors (Lipinski definition) is 3. The minimum atomic E-state index is -1.33. The molecule has 16 heavy (non-hydrogen) atoms. The standard InChI is InChI=1S/C12H16O4/c13-9(10(14)15)11-2-7-1-8(3-11)5-12(16,4-7)6-11/h7-8,16H,1-6H2,(H,14,15)/t7-,8+,11?,12?/i10+2. The Hall–Kier alpha value is -0.900. The molecule has 4 atom stereocenters. The van der Waals surface area contributed by atoms with Crippen LogP contribution >= 0.6 is 0 Å². The third-order valence-corrected chi connectivity index (χ3v) is 4.71. The van der Waals surface area contributed by atoms with Crippen molar-refractivity contribution in [3.8, 4) is 0 Å². The summed E-state index contributed by atoms with van der Waals surface area (Å²) < 4.78 is 0. The van der Waals surface area contributed by atoms with Crippen LogP contribution in [0, 0.1) is 17.3 Å². The first-order valence-corrected chi connectivity index (χ1v) is 5.93. The maximum Gasteiger partial charge on any atom is 0.372 e. The van der Waals surface area contributed by atoms with Gasteiger partial charge in [0.2, 0.25) is 5.78 Å². The van der Waals surface area contributed by atoms with Crippen LogP contribution in [-0.2, 0) is 9.59 Å². The van der Waals surface area contributed by atoms with Gasteiger partial charge in [0.25, 0.3) is 0 Å². The number of rotatable bonds is 2. The molecule has 4 heteroatoms. The molecule has 4 aliphatic rings. The van der Waals surface area contributed by atoms with E-state index in [-0.39, 0.29) is 0 Å². The van der Waals surface area contributed by atoms with Gasteiger partial charge in [-0.1, -0.05) is 0 Å². The molecule has 0 aromatic heterocycles. The topological polar surface area (TPSA) is 74.6 Å². The number of aliphatic carboxylic acids is 1. The molecule has 0 aromatic carbocycles. The fourth-order valence-corrected chi connectivity index (χ4v) is 4.71. The second-order valence-corrected chi connectivity index (χ2v) is 6.10. The largest absolute Gasteiger partial charge is 0.475 e. The van der Waals surface area contributed by atoms with Gasteiger partial charge in [-0.2, -0.15) is 0 Å². The average molecular weight is 226 g/mol. The number of carboxylic acid groups (broad SMARTS) is 1. The monoisotopic (exact) mass is 226 g/mol. The Bertz CT molecular complexity index is 359. The third-order valence-electron chi connectivity index (χ3n) is 4.71. The maximum atomic E-state index is 11.8. The van der Waals surface area contributed by atoms with Crippen LogP contribution in [0.5, 0.6) is 0 Å². The van der Waals surface area contributed by atoms with Crippen LogP contribution in [0.4, 0.5) is 0 Å². The SMILES string of the molecule is O=C([14C](=O)O)C12C[C@@H]3C[C@@H](CC(O)(C3)C1)C2. The van der Waals surface area contributed by atoms with E-state index in [4.69, 9.17) is 5.11 Å². The van der Waals surface area contributed by atoms with Gasteiger partial charge in [0.1, 0.15) is 0 Å². The van der Waals surface area contributed by atoms with Gasteiger partial charge in [0.05, 0.1) is 5.60 Å². The molecule has 0 aromatic rings. The molecule has 0 aliphatic heterocycles. The zero-order chi connectivity index (χ0) is 11.6. The Balaban J connectivity index is 1.98. The second kappa shape index (κ2) is 2.86. The Morgan fingerprint density at radius 3 is 2.19 bits per heavy atom. The minimum Gasteiger partial charge on any atom is -0.475 e. The molecule has 4 rings (SSSR count). The van der Waals surface area contributed by atoms with Crippen molar-refractivity contribution >= 4 is 11.8 Å². The van der Waals surface area contributed by atoms with E-state index in [2.05, 4.69) is 0 Å². The molecule has 2 N–H and O–H groups in total. The van der Waals surface area contributed by atoms with E-state index in [1.807, 2.05) is 0 Å². The predicted molar refractivity (Wildman–Crippen MR) is 54.7 cm³/mol. The number of hydrogen-bond donors (Lipinski definition) is 2. The Labute approximate surface area is 93.6 Å². The Morgan fingerprint density at radius 1 is 1.19 bits per heavy atom. The van der Waals surface area contributed by atoms with Crippen LogP contribution in [-0.4, -0.2) is 27.6 Å². The van der Waals surface area contributed by atoms with Gasteiger partial charge in [-0.15, -0.1) is 0 Å². The number of carbonyl (C=O) groups is 2. The zero-order valence-corrected chi connectivity index (χ0v) is 9.11. The van der Waals surface area contributed by atoms with Crippen LogP contribution in [0.25, 0.3) is 0 Å². The highest BCUT2D eigenvalue weighted by atomic mass is 16.6. The van der Waals surface area contributed by atoms with E-state index in [0.29, 0.717) is 31.1 Å².